The first-order chi connectivity index (χ1) is 8.20. The number of rotatable bonds is 9. The van der Waals surface area contributed by atoms with Gasteiger partial charge in [-0.1, -0.05) is 24.8 Å². The Balaban J connectivity index is 3.76. The molecule has 1 atom stereocenters. The first-order valence-electron chi connectivity index (χ1n) is 5.57. The molecule has 3 heteroatoms. The molecule has 0 aliphatic rings. The van der Waals surface area contributed by atoms with Gasteiger partial charge >= 0.3 is 5.97 Å². The minimum atomic E-state index is -0.267. The maximum atomic E-state index is 10.5. The summed E-state index contributed by atoms with van der Waals surface area (Å²) in [7, 11) is 0. The van der Waals surface area contributed by atoms with Gasteiger partial charge in [0.25, 0.3) is 0 Å². The van der Waals surface area contributed by atoms with Crippen molar-refractivity contribution in [2.75, 3.05) is 13.2 Å². The average Bonchev–Trinajstić information content (AvgIpc) is 2.29. The third kappa shape index (κ3) is 10.7. The van der Waals surface area contributed by atoms with Crippen molar-refractivity contribution >= 4 is 5.97 Å². The van der Waals surface area contributed by atoms with E-state index in [2.05, 4.69) is 18.9 Å². The highest BCUT2D eigenvalue weighted by molar-refractivity contribution is 5.65. The molecule has 0 aromatic rings. The van der Waals surface area contributed by atoms with Gasteiger partial charge in [-0.3, -0.25) is 4.79 Å². The normalized spacial score (nSPS) is 11.8. The summed E-state index contributed by atoms with van der Waals surface area (Å²) in [6, 6.07) is 0. The number of ether oxygens (including phenoxy) is 2. The predicted octanol–water partition coefficient (Wildman–Crippen LogP) is 2.80. The molecule has 17 heavy (non-hydrogen) atoms. The van der Waals surface area contributed by atoms with E-state index in [-0.39, 0.29) is 12.1 Å². The van der Waals surface area contributed by atoms with Crippen LogP contribution in [0.5, 0.6) is 0 Å². The Kier molecular flexibility index (Phi) is 9.92. The molecule has 0 aliphatic carbocycles. The Morgan fingerprint density at radius 1 is 1.41 bits per heavy atom. The standard InChI is InChI=1S/C14H20O3/c1-4-9-14(17-11-5-2)10-7-6-8-12-16-13(3)15/h5-6,8-9,14H,1-2,7,10-12H2,3H3/b8-6+. The summed E-state index contributed by atoms with van der Waals surface area (Å²) in [4.78, 5) is 10.5. The van der Waals surface area contributed by atoms with E-state index in [9.17, 15) is 4.79 Å². The fourth-order valence-corrected chi connectivity index (χ4v) is 1.15. The molecule has 0 aromatic carbocycles. The monoisotopic (exact) mass is 236 g/mol. The van der Waals surface area contributed by atoms with Crippen LogP contribution in [0.2, 0.25) is 0 Å². The summed E-state index contributed by atoms with van der Waals surface area (Å²) >= 11 is 0. The highest BCUT2D eigenvalue weighted by Gasteiger charge is 2.01. The smallest absolute Gasteiger partial charge is 0.302 e. The van der Waals surface area contributed by atoms with Gasteiger partial charge in [0.1, 0.15) is 6.61 Å². The lowest BCUT2D eigenvalue weighted by atomic mass is 10.2. The highest BCUT2D eigenvalue weighted by atomic mass is 16.5. The van der Waals surface area contributed by atoms with Crippen LogP contribution >= 0.6 is 0 Å². The van der Waals surface area contributed by atoms with Gasteiger partial charge in [0, 0.05) is 6.92 Å². The third-order valence-corrected chi connectivity index (χ3v) is 1.90. The Morgan fingerprint density at radius 3 is 2.76 bits per heavy atom. The van der Waals surface area contributed by atoms with Crippen molar-refractivity contribution < 1.29 is 14.3 Å². The molecule has 0 heterocycles. The van der Waals surface area contributed by atoms with E-state index in [1.807, 2.05) is 12.2 Å². The Bertz CT molecular complexity index is 299. The molecular formula is C14H20O3. The zero-order chi connectivity index (χ0) is 12.9. The van der Waals surface area contributed by atoms with Crippen LogP contribution in [-0.4, -0.2) is 25.3 Å². The number of carbonyl (C=O) groups excluding carboxylic acids is 1. The Morgan fingerprint density at radius 2 is 2.18 bits per heavy atom. The summed E-state index contributed by atoms with van der Waals surface area (Å²) in [5.41, 5.74) is 2.72. The van der Waals surface area contributed by atoms with Crippen LogP contribution in [0.25, 0.3) is 0 Å². The molecule has 0 saturated heterocycles. The van der Waals surface area contributed by atoms with Crippen LogP contribution in [0.1, 0.15) is 19.8 Å². The molecule has 0 N–H and O–H groups in total. The van der Waals surface area contributed by atoms with Gasteiger partial charge in [0.05, 0.1) is 12.7 Å². The fourth-order valence-electron chi connectivity index (χ4n) is 1.15. The van der Waals surface area contributed by atoms with Gasteiger partial charge in [-0.25, -0.2) is 0 Å². The van der Waals surface area contributed by atoms with Crippen molar-refractivity contribution in [3.05, 3.63) is 43.2 Å². The van der Waals surface area contributed by atoms with Gasteiger partial charge in [-0.15, -0.1) is 12.3 Å². The van der Waals surface area contributed by atoms with Crippen molar-refractivity contribution in [1.82, 2.24) is 0 Å². The molecule has 0 saturated carbocycles. The molecule has 0 aromatic heterocycles. The van der Waals surface area contributed by atoms with E-state index in [4.69, 9.17) is 9.47 Å². The first-order valence-corrected chi connectivity index (χ1v) is 5.57. The second kappa shape index (κ2) is 10.9. The summed E-state index contributed by atoms with van der Waals surface area (Å²) in [5.74, 6) is -0.267. The van der Waals surface area contributed by atoms with E-state index in [0.29, 0.717) is 13.2 Å². The SMILES string of the molecule is C=C=CC(CC/C=C/COC(C)=O)OCC=C. The minimum absolute atomic E-state index is 0.00359. The van der Waals surface area contributed by atoms with Gasteiger partial charge in [0.15, 0.2) is 0 Å². The van der Waals surface area contributed by atoms with Crippen molar-refractivity contribution in [1.29, 1.82) is 0 Å². The van der Waals surface area contributed by atoms with E-state index >= 15 is 0 Å². The van der Waals surface area contributed by atoms with Crippen LogP contribution in [0.4, 0.5) is 0 Å². The van der Waals surface area contributed by atoms with Gasteiger partial charge in [-0.2, -0.15) is 0 Å². The zero-order valence-electron chi connectivity index (χ0n) is 10.4. The topological polar surface area (TPSA) is 35.5 Å². The number of hydrogen-bond donors (Lipinski definition) is 0. The van der Waals surface area contributed by atoms with Gasteiger partial charge in [0.2, 0.25) is 0 Å². The lowest BCUT2D eigenvalue weighted by molar-refractivity contribution is -0.139. The molecule has 0 fully saturated rings. The van der Waals surface area contributed by atoms with E-state index < -0.39 is 0 Å². The minimum Gasteiger partial charge on any atom is -0.462 e. The first kappa shape index (κ1) is 15.4. The van der Waals surface area contributed by atoms with Crippen LogP contribution in [0.3, 0.4) is 0 Å². The molecule has 0 radical (unpaired) electrons. The lowest BCUT2D eigenvalue weighted by Crippen LogP contribution is -2.09. The molecular weight excluding hydrogens is 216 g/mol. The van der Waals surface area contributed by atoms with Crippen molar-refractivity contribution in [2.24, 2.45) is 0 Å². The van der Waals surface area contributed by atoms with Crippen LogP contribution in [0.15, 0.2) is 43.2 Å². The summed E-state index contributed by atoms with van der Waals surface area (Å²) in [5, 5.41) is 0. The second-order valence-electron chi connectivity index (χ2n) is 3.38. The molecule has 1 unspecified atom stereocenters. The fraction of sp³-hybridized carbons (Fsp3) is 0.429. The molecule has 0 spiro atoms. The number of hydrogen-bond acceptors (Lipinski definition) is 3. The molecule has 0 aliphatic heterocycles. The largest absolute Gasteiger partial charge is 0.462 e. The lowest BCUT2D eigenvalue weighted by Gasteiger charge is -2.10. The highest BCUT2D eigenvalue weighted by Crippen LogP contribution is 2.04. The quantitative estimate of drug-likeness (QED) is 0.351. The number of esters is 1. The molecule has 94 valence electrons. The van der Waals surface area contributed by atoms with Crippen molar-refractivity contribution in [3.8, 4) is 0 Å². The number of carbonyl (C=O) groups is 1. The summed E-state index contributed by atoms with van der Waals surface area (Å²) < 4.78 is 10.2. The third-order valence-electron chi connectivity index (χ3n) is 1.90. The Hall–Kier alpha value is -1.57. The maximum absolute atomic E-state index is 10.5. The van der Waals surface area contributed by atoms with E-state index in [0.717, 1.165) is 12.8 Å². The van der Waals surface area contributed by atoms with Gasteiger partial charge in [-0.05, 0) is 18.9 Å². The van der Waals surface area contributed by atoms with Crippen LogP contribution in [-0.2, 0) is 14.3 Å². The molecule has 0 rings (SSSR count). The average molecular weight is 236 g/mol. The van der Waals surface area contributed by atoms with Crippen molar-refractivity contribution in [2.45, 2.75) is 25.9 Å². The van der Waals surface area contributed by atoms with Crippen molar-refractivity contribution in [3.63, 3.8) is 0 Å². The molecule has 3 nitrogen and oxygen atoms in total. The van der Waals surface area contributed by atoms with E-state index in [1.165, 1.54) is 6.92 Å². The second-order valence-corrected chi connectivity index (χ2v) is 3.38. The van der Waals surface area contributed by atoms with E-state index in [1.54, 1.807) is 12.2 Å². The maximum Gasteiger partial charge on any atom is 0.302 e. The zero-order valence-corrected chi connectivity index (χ0v) is 10.4. The Labute approximate surface area is 103 Å². The van der Waals surface area contributed by atoms with Crippen LogP contribution in [0, 0.1) is 0 Å². The van der Waals surface area contributed by atoms with Crippen LogP contribution < -0.4 is 0 Å². The molecule has 0 amide bonds. The summed E-state index contributed by atoms with van der Waals surface area (Å²) in [6.45, 7) is 9.35. The number of allylic oxidation sites excluding steroid dienone is 1. The predicted molar refractivity (Wildman–Crippen MR) is 68.7 cm³/mol. The van der Waals surface area contributed by atoms with Gasteiger partial charge < -0.3 is 9.47 Å². The molecule has 0 bridgehead atoms. The summed E-state index contributed by atoms with van der Waals surface area (Å²) in [6.07, 6.45) is 8.98.